The zero-order valence-electron chi connectivity index (χ0n) is 19.4. The normalized spacial score (nSPS) is 16.4. The quantitative estimate of drug-likeness (QED) is 0.557. The third-order valence-electron chi connectivity index (χ3n) is 6.61. The molecule has 0 radical (unpaired) electrons. The summed E-state index contributed by atoms with van der Waals surface area (Å²) in [6, 6.07) is 7.73. The van der Waals surface area contributed by atoms with E-state index in [0.29, 0.717) is 32.9 Å². The van der Waals surface area contributed by atoms with E-state index >= 15 is 0 Å². The lowest BCUT2D eigenvalue weighted by atomic mass is 10.1. The Bertz CT molecular complexity index is 1310. The van der Waals surface area contributed by atoms with Gasteiger partial charge in [-0.05, 0) is 69.4 Å². The third kappa shape index (κ3) is 4.20. The highest BCUT2D eigenvalue weighted by atomic mass is 32.1. The van der Waals surface area contributed by atoms with Crippen LogP contribution in [0.25, 0.3) is 10.2 Å². The molecule has 1 N–H and O–H groups in total. The number of anilines is 2. The number of piperidine rings is 1. The van der Waals surface area contributed by atoms with E-state index in [1.807, 2.05) is 24.3 Å². The number of nitrogens with zero attached hydrogens (tertiary/aromatic N) is 3. The van der Waals surface area contributed by atoms with Gasteiger partial charge in [0, 0.05) is 37.4 Å². The highest BCUT2D eigenvalue weighted by molar-refractivity contribution is 7.20. The summed E-state index contributed by atoms with van der Waals surface area (Å²) in [5.74, 6) is -0.263. The van der Waals surface area contributed by atoms with Crippen molar-refractivity contribution in [1.29, 1.82) is 0 Å². The van der Waals surface area contributed by atoms with Gasteiger partial charge in [0.25, 0.3) is 11.5 Å². The molecule has 178 valence electrons. The topological polar surface area (TPSA) is 93.5 Å². The Balaban J connectivity index is 1.25. The van der Waals surface area contributed by atoms with Crippen molar-refractivity contribution in [2.75, 3.05) is 23.3 Å². The van der Waals surface area contributed by atoms with Crippen LogP contribution in [-0.4, -0.2) is 40.6 Å². The summed E-state index contributed by atoms with van der Waals surface area (Å²) in [7, 11) is 0. The van der Waals surface area contributed by atoms with Gasteiger partial charge in [-0.3, -0.25) is 14.2 Å². The predicted molar refractivity (Wildman–Crippen MR) is 133 cm³/mol. The van der Waals surface area contributed by atoms with E-state index in [1.54, 1.807) is 18.4 Å². The fraction of sp³-hybridized carbons (Fsp3) is 0.440. The molecule has 5 rings (SSSR count). The van der Waals surface area contributed by atoms with Crippen LogP contribution in [0, 0.1) is 6.92 Å². The fourth-order valence-electron chi connectivity index (χ4n) is 4.69. The molecule has 2 aliphatic heterocycles. The summed E-state index contributed by atoms with van der Waals surface area (Å²) < 4.78 is 7.14. The number of aryl methyl sites for hydroxylation is 2. The predicted octanol–water partition coefficient (Wildman–Crippen LogP) is 3.89. The number of ether oxygens (including phenoxy) is 1. The molecule has 1 atom stereocenters. The maximum Gasteiger partial charge on any atom is 0.349 e. The minimum Gasteiger partial charge on any atom is -0.448 e. The van der Waals surface area contributed by atoms with Crippen LogP contribution in [0.3, 0.4) is 0 Å². The number of rotatable bonds is 5. The van der Waals surface area contributed by atoms with E-state index in [-0.39, 0.29) is 5.56 Å². The number of benzene rings is 1. The molecule has 1 amide bonds. The molecule has 1 aromatic carbocycles. The first kappa shape index (κ1) is 22.6. The van der Waals surface area contributed by atoms with Crippen LogP contribution >= 0.6 is 11.3 Å². The second-order valence-corrected chi connectivity index (χ2v) is 9.96. The molecule has 0 aliphatic carbocycles. The largest absolute Gasteiger partial charge is 0.448 e. The van der Waals surface area contributed by atoms with Gasteiger partial charge < -0.3 is 15.0 Å². The van der Waals surface area contributed by atoms with Crippen LogP contribution in [0.4, 0.5) is 11.4 Å². The Morgan fingerprint density at radius 2 is 1.82 bits per heavy atom. The molecule has 34 heavy (non-hydrogen) atoms. The lowest BCUT2D eigenvalue weighted by Gasteiger charge is -2.28. The zero-order valence-corrected chi connectivity index (χ0v) is 20.2. The van der Waals surface area contributed by atoms with Crippen molar-refractivity contribution in [3.63, 3.8) is 0 Å². The van der Waals surface area contributed by atoms with Crippen molar-refractivity contribution in [2.45, 2.75) is 58.6 Å². The van der Waals surface area contributed by atoms with Gasteiger partial charge in [0.05, 0.1) is 5.39 Å². The number of thiophene rings is 1. The van der Waals surface area contributed by atoms with Gasteiger partial charge in [0.15, 0.2) is 6.10 Å². The second-order valence-electron chi connectivity index (χ2n) is 8.96. The smallest absolute Gasteiger partial charge is 0.349 e. The monoisotopic (exact) mass is 480 g/mol. The van der Waals surface area contributed by atoms with Crippen LogP contribution in [0.15, 0.2) is 29.1 Å². The van der Waals surface area contributed by atoms with E-state index < -0.39 is 18.0 Å². The number of carbonyl (C=O) groups excluding carboxylic acids is 2. The Morgan fingerprint density at radius 1 is 1.09 bits per heavy atom. The molecule has 4 heterocycles. The molecule has 2 aromatic heterocycles. The van der Waals surface area contributed by atoms with E-state index in [4.69, 9.17) is 4.74 Å². The minimum atomic E-state index is -0.988. The van der Waals surface area contributed by atoms with Crippen molar-refractivity contribution < 1.29 is 14.3 Å². The van der Waals surface area contributed by atoms with Crippen molar-refractivity contribution in [3.8, 4) is 0 Å². The van der Waals surface area contributed by atoms with Gasteiger partial charge in [-0.25, -0.2) is 9.78 Å². The molecule has 0 unspecified atom stereocenters. The van der Waals surface area contributed by atoms with Crippen LogP contribution in [0.1, 0.15) is 53.7 Å². The first-order valence-corrected chi connectivity index (χ1v) is 12.6. The number of hydrogen-bond acceptors (Lipinski definition) is 7. The van der Waals surface area contributed by atoms with Crippen molar-refractivity contribution in [2.24, 2.45) is 0 Å². The summed E-state index contributed by atoms with van der Waals surface area (Å²) in [6.07, 6.45) is 4.36. The Kier molecular flexibility index (Phi) is 6.12. The first-order valence-electron chi connectivity index (χ1n) is 11.8. The van der Waals surface area contributed by atoms with E-state index in [2.05, 4.69) is 15.2 Å². The number of aromatic nitrogens is 2. The zero-order chi connectivity index (χ0) is 23.8. The van der Waals surface area contributed by atoms with Crippen molar-refractivity contribution in [3.05, 3.63) is 50.9 Å². The molecule has 8 nitrogen and oxygen atoms in total. The van der Waals surface area contributed by atoms with Crippen LogP contribution in [0.5, 0.6) is 0 Å². The van der Waals surface area contributed by atoms with E-state index in [9.17, 15) is 14.4 Å². The molecular formula is C25H28N4O4S. The molecule has 9 heteroatoms. The number of esters is 1. The van der Waals surface area contributed by atoms with Crippen molar-refractivity contribution in [1.82, 2.24) is 9.55 Å². The van der Waals surface area contributed by atoms with E-state index in [0.717, 1.165) is 48.8 Å². The van der Waals surface area contributed by atoms with Crippen LogP contribution < -0.4 is 15.8 Å². The number of hydrogen-bond donors (Lipinski definition) is 1. The van der Waals surface area contributed by atoms with Gasteiger partial charge in [0.2, 0.25) is 0 Å². The van der Waals surface area contributed by atoms with E-state index in [1.165, 1.54) is 19.3 Å². The second kappa shape index (κ2) is 9.21. The van der Waals surface area contributed by atoms with Gasteiger partial charge in [-0.2, -0.15) is 0 Å². The Labute approximate surface area is 201 Å². The summed E-state index contributed by atoms with van der Waals surface area (Å²) >= 11 is 1.15. The average Bonchev–Trinajstić information content (AvgIpc) is 3.45. The highest BCUT2D eigenvalue weighted by Gasteiger charge is 2.26. The van der Waals surface area contributed by atoms with Gasteiger partial charge >= 0.3 is 5.97 Å². The molecule has 0 saturated carbocycles. The maximum absolute atomic E-state index is 12.9. The SMILES string of the molecule is Cc1c(C(=O)O[C@@H](C)C(=O)Nc2ccc(N3CCCCC3)cc2)sc2nc3n(c(=O)c12)CCC3. The molecule has 0 bridgehead atoms. The Hall–Kier alpha value is -3.20. The third-order valence-corrected chi connectivity index (χ3v) is 7.77. The first-order chi connectivity index (χ1) is 16.4. The number of carbonyl (C=O) groups is 2. The fourth-order valence-corrected chi connectivity index (χ4v) is 5.76. The van der Waals surface area contributed by atoms with Gasteiger partial charge in [0.1, 0.15) is 15.5 Å². The van der Waals surface area contributed by atoms with Crippen molar-refractivity contribution >= 4 is 44.8 Å². The standard InChI is InChI=1S/C25H28N4O4S/c1-15-20-23(27-19-7-6-14-29(19)24(20)31)34-21(15)25(32)33-16(2)22(30)26-17-8-10-18(11-9-17)28-12-4-3-5-13-28/h8-11,16H,3-7,12-14H2,1-2H3,(H,26,30)/t16-/m0/s1. The molecule has 1 saturated heterocycles. The molecule has 0 spiro atoms. The number of amides is 1. The summed E-state index contributed by atoms with van der Waals surface area (Å²) in [5, 5.41) is 3.28. The van der Waals surface area contributed by atoms with Gasteiger partial charge in [-0.15, -0.1) is 11.3 Å². The molecule has 1 fully saturated rings. The molecule has 2 aliphatic rings. The summed E-state index contributed by atoms with van der Waals surface area (Å²) in [5.41, 5.74) is 2.25. The van der Waals surface area contributed by atoms with Crippen LogP contribution in [0.2, 0.25) is 0 Å². The lowest BCUT2D eigenvalue weighted by Crippen LogP contribution is -2.30. The number of fused-ring (bicyclic) bond motifs is 2. The lowest BCUT2D eigenvalue weighted by molar-refractivity contribution is -0.123. The summed E-state index contributed by atoms with van der Waals surface area (Å²) in [6.45, 7) is 6.04. The maximum atomic E-state index is 12.9. The summed E-state index contributed by atoms with van der Waals surface area (Å²) in [4.78, 5) is 46.1. The highest BCUT2D eigenvalue weighted by Crippen LogP contribution is 2.29. The van der Waals surface area contributed by atoms with Gasteiger partial charge in [-0.1, -0.05) is 0 Å². The molecular weight excluding hydrogens is 452 g/mol. The molecule has 3 aromatic rings. The average molecular weight is 481 g/mol. The van der Waals surface area contributed by atoms with Crippen LogP contribution in [-0.2, 0) is 22.5 Å². The minimum absolute atomic E-state index is 0.107. The number of nitrogens with one attached hydrogen (secondary N) is 1. The Morgan fingerprint density at radius 3 is 2.56 bits per heavy atom.